The molecule has 0 radical (unpaired) electrons. The number of carbonyl (C=O) groups excluding carboxylic acids is 1. The molecule has 1 aromatic heterocycles. The number of rotatable bonds is 4. The number of nitrogens with zero attached hydrogens (tertiary/aromatic N) is 3. The largest absolute Gasteiger partial charge is 0.381 e. The highest BCUT2D eigenvalue weighted by molar-refractivity contribution is 7.88. The van der Waals surface area contributed by atoms with E-state index in [0.717, 1.165) is 12.8 Å². The van der Waals surface area contributed by atoms with Gasteiger partial charge in [0.15, 0.2) is 0 Å². The van der Waals surface area contributed by atoms with Crippen LogP contribution in [0.1, 0.15) is 23.3 Å². The molecule has 3 rings (SSSR count). The van der Waals surface area contributed by atoms with Gasteiger partial charge in [-0.05, 0) is 25.0 Å². The van der Waals surface area contributed by atoms with Gasteiger partial charge in [0, 0.05) is 45.6 Å². The molecule has 0 aromatic carbocycles. The maximum absolute atomic E-state index is 12.4. The predicted molar refractivity (Wildman–Crippen MR) is 85.6 cm³/mol. The van der Waals surface area contributed by atoms with Gasteiger partial charge >= 0.3 is 0 Å². The number of sulfonamides is 1. The van der Waals surface area contributed by atoms with Crippen LogP contribution in [-0.4, -0.2) is 72.7 Å². The highest BCUT2D eigenvalue weighted by Crippen LogP contribution is 2.26. The third kappa shape index (κ3) is 3.29. The maximum Gasteiger partial charge on any atom is 0.270 e. The van der Waals surface area contributed by atoms with Gasteiger partial charge < -0.3 is 14.2 Å². The average Bonchev–Trinajstić information content (AvgIpc) is 2.87. The zero-order chi connectivity index (χ0) is 16.6. The Balaban J connectivity index is 1.68. The van der Waals surface area contributed by atoms with E-state index in [1.165, 1.54) is 6.26 Å². The van der Waals surface area contributed by atoms with E-state index in [1.54, 1.807) is 19.8 Å². The highest BCUT2D eigenvalue weighted by atomic mass is 32.2. The van der Waals surface area contributed by atoms with Crippen molar-refractivity contribution in [2.45, 2.75) is 24.9 Å². The van der Waals surface area contributed by atoms with E-state index in [9.17, 15) is 13.2 Å². The molecule has 0 unspecified atom stereocenters. The van der Waals surface area contributed by atoms with Crippen molar-refractivity contribution >= 4 is 15.9 Å². The van der Waals surface area contributed by atoms with Crippen LogP contribution in [0.25, 0.3) is 0 Å². The fourth-order valence-electron chi connectivity index (χ4n) is 3.41. The first-order valence-electron chi connectivity index (χ1n) is 7.85. The number of carbonyl (C=O) groups is 1. The number of hydrogen-bond acceptors (Lipinski definition) is 4. The first kappa shape index (κ1) is 16.5. The lowest BCUT2D eigenvalue weighted by Gasteiger charge is -2.47. The van der Waals surface area contributed by atoms with Gasteiger partial charge in [0.05, 0.1) is 12.3 Å². The normalized spacial score (nSPS) is 20.7. The Hall–Kier alpha value is -1.38. The van der Waals surface area contributed by atoms with Crippen LogP contribution in [0, 0.1) is 0 Å². The van der Waals surface area contributed by atoms with E-state index in [4.69, 9.17) is 4.74 Å². The smallest absolute Gasteiger partial charge is 0.270 e. The van der Waals surface area contributed by atoms with Crippen LogP contribution in [-0.2, 0) is 21.8 Å². The predicted octanol–water partition coefficient (Wildman–Crippen LogP) is 0.290. The fraction of sp³-hybridized carbons (Fsp3) is 0.667. The molecular formula is C15H23N3O4S. The van der Waals surface area contributed by atoms with E-state index in [2.05, 4.69) is 0 Å². The van der Waals surface area contributed by atoms with Crippen molar-refractivity contribution in [3.63, 3.8) is 0 Å². The quantitative estimate of drug-likeness (QED) is 0.789. The Bertz CT molecular complexity index is 673. The SMILES string of the molecule is Cn1cccc1C(=O)N1CC(N(C2CCOCC2)S(C)(=O)=O)C1. The Kier molecular flexibility index (Phi) is 4.48. The van der Waals surface area contributed by atoms with Crippen LogP contribution in [0.2, 0.25) is 0 Å². The molecule has 0 aliphatic carbocycles. The van der Waals surface area contributed by atoms with Gasteiger partial charge in [-0.25, -0.2) is 8.42 Å². The summed E-state index contributed by atoms with van der Waals surface area (Å²) in [5.41, 5.74) is 0.625. The van der Waals surface area contributed by atoms with Gasteiger partial charge in [-0.3, -0.25) is 4.79 Å². The standard InChI is InChI=1S/C15H23N3O4S/c1-16-7-3-4-14(16)15(19)17-10-13(11-17)18(23(2,20)21)12-5-8-22-9-6-12/h3-4,7,12-13H,5-6,8-11H2,1-2H3. The Labute approximate surface area is 136 Å². The van der Waals surface area contributed by atoms with E-state index in [1.807, 2.05) is 19.3 Å². The number of likely N-dealkylation sites (tertiary alicyclic amines) is 1. The van der Waals surface area contributed by atoms with Gasteiger partial charge in [-0.15, -0.1) is 0 Å². The molecule has 128 valence electrons. The third-order valence-electron chi connectivity index (χ3n) is 4.61. The van der Waals surface area contributed by atoms with Crippen LogP contribution in [0.4, 0.5) is 0 Å². The van der Waals surface area contributed by atoms with Crippen LogP contribution >= 0.6 is 0 Å². The minimum atomic E-state index is -3.30. The number of aromatic nitrogens is 1. The van der Waals surface area contributed by atoms with E-state index in [-0.39, 0.29) is 18.0 Å². The van der Waals surface area contributed by atoms with Crippen molar-refractivity contribution < 1.29 is 17.9 Å². The Morgan fingerprint density at radius 3 is 2.43 bits per heavy atom. The van der Waals surface area contributed by atoms with E-state index in [0.29, 0.717) is 32.0 Å². The van der Waals surface area contributed by atoms with Crippen LogP contribution in [0.3, 0.4) is 0 Å². The second kappa shape index (κ2) is 6.26. The van der Waals surface area contributed by atoms with E-state index >= 15 is 0 Å². The van der Waals surface area contributed by atoms with Crippen molar-refractivity contribution in [2.75, 3.05) is 32.6 Å². The van der Waals surface area contributed by atoms with Crippen molar-refractivity contribution in [1.29, 1.82) is 0 Å². The summed E-state index contributed by atoms with van der Waals surface area (Å²) in [6, 6.07) is 3.46. The third-order valence-corrected chi connectivity index (χ3v) is 5.97. The lowest BCUT2D eigenvalue weighted by Crippen LogP contribution is -2.64. The summed E-state index contributed by atoms with van der Waals surface area (Å²) in [6.07, 6.45) is 4.52. The van der Waals surface area contributed by atoms with Gasteiger partial charge in [0.1, 0.15) is 5.69 Å². The summed E-state index contributed by atoms with van der Waals surface area (Å²) < 4.78 is 33.1. The molecule has 0 saturated carbocycles. The zero-order valence-electron chi connectivity index (χ0n) is 13.5. The monoisotopic (exact) mass is 341 g/mol. The van der Waals surface area contributed by atoms with Crippen molar-refractivity contribution in [3.8, 4) is 0 Å². The summed E-state index contributed by atoms with van der Waals surface area (Å²) in [5, 5.41) is 0. The number of ether oxygens (including phenoxy) is 1. The van der Waals surface area contributed by atoms with Crippen molar-refractivity contribution in [1.82, 2.24) is 13.8 Å². The summed E-state index contributed by atoms with van der Waals surface area (Å²) in [7, 11) is -1.47. The molecule has 0 N–H and O–H groups in total. The molecule has 23 heavy (non-hydrogen) atoms. The van der Waals surface area contributed by atoms with Crippen LogP contribution in [0.15, 0.2) is 18.3 Å². The lowest BCUT2D eigenvalue weighted by molar-refractivity contribution is 0.0121. The molecule has 1 aromatic rings. The van der Waals surface area contributed by atoms with Crippen molar-refractivity contribution in [3.05, 3.63) is 24.0 Å². The van der Waals surface area contributed by atoms with Gasteiger partial charge in [-0.2, -0.15) is 4.31 Å². The fourth-order valence-corrected chi connectivity index (χ4v) is 4.83. The molecule has 2 fully saturated rings. The summed E-state index contributed by atoms with van der Waals surface area (Å²) in [6.45, 7) is 2.09. The molecular weight excluding hydrogens is 318 g/mol. The second-order valence-electron chi connectivity index (χ2n) is 6.30. The zero-order valence-corrected chi connectivity index (χ0v) is 14.3. The number of hydrogen-bond donors (Lipinski definition) is 0. The van der Waals surface area contributed by atoms with Crippen molar-refractivity contribution in [2.24, 2.45) is 7.05 Å². The number of amides is 1. The molecule has 2 aliphatic rings. The summed E-state index contributed by atoms with van der Waals surface area (Å²) >= 11 is 0. The molecule has 0 atom stereocenters. The van der Waals surface area contributed by atoms with E-state index < -0.39 is 10.0 Å². The molecule has 3 heterocycles. The molecule has 0 bridgehead atoms. The summed E-state index contributed by atoms with van der Waals surface area (Å²) in [5.74, 6) is -0.0471. The first-order valence-corrected chi connectivity index (χ1v) is 9.69. The topological polar surface area (TPSA) is 71.9 Å². The molecule has 0 spiro atoms. The number of aryl methyl sites for hydroxylation is 1. The Morgan fingerprint density at radius 2 is 1.91 bits per heavy atom. The average molecular weight is 341 g/mol. The maximum atomic E-state index is 12.4. The van der Waals surface area contributed by atoms with Crippen LogP contribution < -0.4 is 0 Å². The molecule has 2 saturated heterocycles. The molecule has 1 amide bonds. The molecule has 8 heteroatoms. The lowest BCUT2D eigenvalue weighted by atomic mass is 10.0. The van der Waals surface area contributed by atoms with Gasteiger partial charge in [0.25, 0.3) is 5.91 Å². The second-order valence-corrected chi connectivity index (χ2v) is 8.19. The minimum Gasteiger partial charge on any atom is -0.381 e. The Morgan fingerprint density at radius 1 is 1.26 bits per heavy atom. The molecule has 2 aliphatic heterocycles. The summed E-state index contributed by atoms with van der Waals surface area (Å²) in [4.78, 5) is 14.1. The minimum absolute atomic E-state index is 0.0176. The highest BCUT2D eigenvalue weighted by Gasteiger charge is 2.42. The molecule has 7 nitrogen and oxygen atoms in total. The van der Waals surface area contributed by atoms with Crippen LogP contribution in [0.5, 0.6) is 0 Å². The first-order chi connectivity index (χ1) is 10.9. The van der Waals surface area contributed by atoms with Gasteiger partial charge in [0.2, 0.25) is 10.0 Å². The van der Waals surface area contributed by atoms with Gasteiger partial charge in [-0.1, -0.05) is 0 Å².